The van der Waals surface area contributed by atoms with Crippen molar-refractivity contribution in [1.82, 2.24) is 10.2 Å². The Bertz CT molecular complexity index is 1160. The fourth-order valence-corrected chi connectivity index (χ4v) is 3.65. The minimum atomic E-state index is -3.97. The quantitative estimate of drug-likeness (QED) is 0.460. The van der Waals surface area contributed by atoms with Gasteiger partial charge in [0.05, 0.1) is 20.8 Å². The molecule has 1 amide bonds. The van der Waals surface area contributed by atoms with E-state index in [1.54, 1.807) is 42.5 Å². The molecule has 0 spiro atoms. The largest absolute Gasteiger partial charge is 0.494 e. The highest BCUT2D eigenvalue weighted by atomic mass is 32.2. The van der Waals surface area contributed by atoms with Crippen molar-refractivity contribution in [2.75, 3.05) is 30.9 Å². The summed E-state index contributed by atoms with van der Waals surface area (Å²) in [5, 5.41) is 8.56. The van der Waals surface area contributed by atoms with Gasteiger partial charge in [0, 0.05) is 23.5 Å². The van der Waals surface area contributed by atoms with Crippen LogP contribution in [0.25, 0.3) is 0 Å². The molecule has 0 saturated carbocycles. The predicted molar refractivity (Wildman–Crippen MR) is 115 cm³/mol. The number of H-pyrrole nitrogens is 1. The fourth-order valence-electron chi connectivity index (χ4n) is 2.66. The standard InChI is InChI=1S/C20H22N4O6S/c1-4-30-15-8-5-13(6-9-15)24-31(26,27)19-12-16(22-23-19)20(25)21-14-7-10-17(28-2)18(11-14)29-3/h5-12,24H,4H2,1-3H3,(H,21,25)(H,22,23). The van der Waals surface area contributed by atoms with E-state index in [2.05, 4.69) is 20.2 Å². The summed E-state index contributed by atoms with van der Waals surface area (Å²) in [6, 6.07) is 12.4. The van der Waals surface area contributed by atoms with Gasteiger partial charge in [0.1, 0.15) is 5.75 Å². The number of rotatable bonds is 9. The third kappa shape index (κ3) is 5.25. The first-order chi connectivity index (χ1) is 14.9. The highest BCUT2D eigenvalue weighted by molar-refractivity contribution is 7.92. The summed E-state index contributed by atoms with van der Waals surface area (Å²) in [7, 11) is -0.988. The van der Waals surface area contributed by atoms with Crippen molar-refractivity contribution < 1.29 is 27.4 Å². The lowest BCUT2D eigenvalue weighted by molar-refractivity contribution is 0.102. The van der Waals surface area contributed by atoms with Gasteiger partial charge in [-0.3, -0.25) is 14.6 Å². The van der Waals surface area contributed by atoms with Crippen LogP contribution in [0.1, 0.15) is 17.4 Å². The van der Waals surface area contributed by atoms with Gasteiger partial charge in [-0.1, -0.05) is 0 Å². The lowest BCUT2D eigenvalue weighted by Gasteiger charge is -2.09. The Hall–Kier alpha value is -3.73. The van der Waals surface area contributed by atoms with Crippen molar-refractivity contribution >= 4 is 27.3 Å². The second-order valence-corrected chi connectivity index (χ2v) is 7.86. The molecule has 0 aliphatic heterocycles. The van der Waals surface area contributed by atoms with Gasteiger partial charge in [-0.25, -0.2) is 0 Å². The number of hydrogen-bond donors (Lipinski definition) is 3. The van der Waals surface area contributed by atoms with Crippen LogP contribution in [0.4, 0.5) is 11.4 Å². The Morgan fingerprint density at radius 1 is 1.00 bits per heavy atom. The number of benzene rings is 2. The Labute approximate surface area is 179 Å². The SMILES string of the molecule is CCOc1ccc(NS(=O)(=O)c2cc(C(=O)Nc3ccc(OC)c(OC)c3)n[nH]2)cc1. The highest BCUT2D eigenvalue weighted by Crippen LogP contribution is 2.30. The number of methoxy groups -OCH3 is 2. The number of carbonyl (C=O) groups is 1. The molecule has 164 valence electrons. The van der Waals surface area contributed by atoms with Crippen molar-refractivity contribution in [2.24, 2.45) is 0 Å². The molecule has 11 heteroatoms. The van der Waals surface area contributed by atoms with Crippen LogP contribution in [0, 0.1) is 0 Å². The van der Waals surface area contributed by atoms with Crippen molar-refractivity contribution in [1.29, 1.82) is 0 Å². The normalized spacial score (nSPS) is 10.9. The van der Waals surface area contributed by atoms with Crippen LogP contribution in [0.5, 0.6) is 17.2 Å². The molecule has 0 atom stereocenters. The molecule has 1 heterocycles. The number of amides is 1. The second kappa shape index (κ2) is 9.39. The lowest BCUT2D eigenvalue weighted by atomic mass is 10.2. The molecule has 0 fully saturated rings. The van der Waals surface area contributed by atoms with E-state index in [9.17, 15) is 13.2 Å². The number of hydrogen-bond acceptors (Lipinski definition) is 7. The third-order valence-electron chi connectivity index (χ3n) is 4.14. The molecule has 10 nitrogen and oxygen atoms in total. The number of sulfonamides is 1. The van der Waals surface area contributed by atoms with E-state index in [-0.39, 0.29) is 10.7 Å². The topological polar surface area (TPSA) is 132 Å². The van der Waals surface area contributed by atoms with Crippen molar-refractivity contribution in [3.63, 3.8) is 0 Å². The number of aromatic amines is 1. The maximum atomic E-state index is 12.6. The number of carbonyl (C=O) groups excluding carboxylic acids is 1. The molecule has 3 N–H and O–H groups in total. The van der Waals surface area contributed by atoms with E-state index >= 15 is 0 Å². The Morgan fingerprint density at radius 2 is 1.68 bits per heavy atom. The molecule has 0 aliphatic rings. The summed E-state index contributed by atoms with van der Waals surface area (Å²) in [5.74, 6) is 0.978. The van der Waals surface area contributed by atoms with E-state index < -0.39 is 15.9 Å². The van der Waals surface area contributed by atoms with Crippen LogP contribution in [0.2, 0.25) is 0 Å². The maximum absolute atomic E-state index is 12.6. The zero-order valence-corrected chi connectivity index (χ0v) is 17.9. The molecular formula is C20H22N4O6S. The van der Waals surface area contributed by atoms with E-state index in [1.807, 2.05) is 6.92 Å². The van der Waals surface area contributed by atoms with Gasteiger partial charge < -0.3 is 19.5 Å². The number of ether oxygens (including phenoxy) is 3. The van der Waals surface area contributed by atoms with Gasteiger partial charge in [0.15, 0.2) is 22.2 Å². The lowest BCUT2D eigenvalue weighted by Crippen LogP contribution is -2.14. The molecule has 3 aromatic rings. The summed E-state index contributed by atoms with van der Waals surface area (Å²) in [4.78, 5) is 12.5. The Kier molecular flexibility index (Phi) is 6.65. The molecule has 0 bridgehead atoms. The van der Waals surface area contributed by atoms with E-state index in [4.69, 9.17) is 14.2 Å². The molecule has 2 aromatic carbocycles. The molecule has 0 unspecified atom stereocenters. The summed E-state index contributed by atoms with van der Waals surface area (Å²) in [6.07, 6.45) is 0. The van der Waals surface area contributed by atoms with Gasteiger partial charge in [0.25, 0.3) is 15.9 Å². The number of anilines is 2. The molecule has 0 saturated heterocycles. The predicted octanol–water partition coefficient (Wildman–Crippen LogP) is 2.88. The number of nitrogens with zero attached hydrogens (tertiary/aromatic N) is 1. The van der Waals surface area contributed by atoms with E-state index in [0.717, 1.165) is 6.07 Å². The monoisotopic (exact) mass is 446 g/mol. The first-order valence-electron chi connectivity index (χ1n) is 9.20. The summed E-state index contributed by atoms with van der Waals surface area (Å²) in [6.45, 7) is 2.36. The number of aromatic nitrogens is 2. The molecule has 3 rings (SSSR count). The third-order valence-corrected chi connectivity index (χ3v) is 5.43. The Morgan fingerprint density at radius 3 is 2.32 bits per heavy atom. The van der Waals surface area contributed by atoms with Crippen LogP contribution < -0.4 is 24.2 Å². The van der Waals surface area contributed by atoms with E-state index in [1.165, 1.54) is 14.2 Å². The second-order valence-electron chi connectivity index (χ2n) is 6.20. The van der Waals surface area contributed by atoms with Gasteiger partial charge in [-0.05, 0) is 43.3 Å². The van der Waals surface area contributed by atoms with Gasteiger partial charge in [-0.2, -0.15) is 13.5 Å². The summed E-state index contributed by atoms with van der Waals surface area (Å²) >= 11 is 0. The molecule has 0 radical (unpaired) electrons. The average molecular weight is 446 g/mol. The van der Waals surface area contributed by atoms with Gasteiger partial charge in [-0.15, -0.1) is 0 Å². The van der Waals surface area contributed by atoms with Crippen molar-refractivity contribution in [3.8, 4) is 17.2 Å². The maximum Gasteiger partial charge on any atom is 0.278 e. The smallest absolute Gasteiger partial charge is 0.278 e. The zero-order chi connectivity index (χ0) is 22.4. The molecule has 1 aromatic heterocycles. The molecule has 31 heavy (non-hydrogen) atoms. The van der Waals surface area contributed by atoms with Gasteiger partial charge >= 0.3 is 0 Å². The van der Waals surface area contributed by atoms with Crippen molar-refractivity contribution in [3.05, 3.63) is 54.2 Å². The van der Waals surface area contributed by atoms with Crippen LogP contribution in [-0.2, 0) is 10.0 Å². The summed E-state index contributed by atoms with van der Waals surface area (Å²) in [5.41, 5.74) is 0.679. The van der Waals surface area contributed by atoms with Crippen molar-refractivity contribution in [2.45, 2.75) is 11.9 Å². The Balaban J connectivity index is 1.71. The average Bonchev–Trinajstić information content (AvgIpc) is 3.27. The summed E-state index contributed by atoms with van der Waals surface area (Å²) < 4.78 is 43.3. The highest BCUT2D eigenvalue weighted by Gasteiger charge is 2.21. The van der Waals surface area contributed by atoms with Crippen LogP contribution in [0.3, 0.4) is 0 Å². The number of nitrogens with one attached hydrogen (secondary N) is 3. The van der Waals surface area contributed by atoms with Crippen LogP contribution >= 0.6 is 0 Å². The first kappa shape index (κ1) is 22.0. The molecule has 0 aliphatic carbocycles. The van der Waals surface area contributed by atoms with E-state index in [0.29, 0.717) is 35.2 Å². The fraction of sp³-hybridized carbons (Fsp3) is 0.200. The first-order valence-corrected chi connectivity index (χ1v) is 10.7. The van der Waals surface area contributed by atoms with Crippen LogP contribution in [0.15, 0.2) is 53.6 Å². The minimum absolute atomic E-state index is 0.0955. The minimum Gasteiger partial charge on any atom is -0.494 e. The van der Waals surface area contributed by atoms with Crippen LogP contribution in [-0.4, -0.2) is 45.3 Å². The van der Waals surface area contributed by atoms with Gasteiger partial charge in [0.2, 0.25) is 0 Å². The molecular weight excluding hydrogens is 424 g/mol. The zero-order valence-electron chi connectivity index (χ0n) is 17.1.